The second kappa shape index (κ2) is 7.92. The Kier molecular flexibility index (Phi) is 5.55. The van der Waals surface area contributed by atoms with E-state index in [-0.39, 0.29) is 6.61 Å². The third-order valence-corrected chi connectivity index (χ3v) is 2.79. The number of nitriles is 1. The zero-order chi connectivity index (χ0) is 14.0. The molecular formula is C14H17N5O. The van der Waals surface area contributed by atoms with Crippen LogP contribution < -0.4 is 10.1 Å². The van der Waals surface area contributed by atoms with Crippen LogP contribution in [0.15, 0.2) is 36.7 Å². The van der Waals surface area contributed by atoms with Crippen molar-refractivity contribution in [3.05, 3.63) is 42.2 Å². The molecule has 1 aromatic carbocycles. The minimum Gasteiger partial charge on any atom is -0.478 e. The first-order valence-corrected chi connectivity index (χ1v) is 6.52. The van der Waals surface area contributed by atoms with Gasteiger partial charge in [-0.3, -0.25) is 4.68 Å². The van der Waals surface area contributed by atoms with Crippen molar-refractivity contribution < 1.29 is 4.74 Å². The van der Waals surface area contributed by atoms with Crippen LogP contribution >= 0.6 is 0 Å². The normalized spacial score (nSPS) is 10.2. The van der Waals surface area contributed by atoms with Crippen molar-refractivity contribution in [3.8, 4) is 11.8 Å². The zero-order valence-electron chi connectivity index (χ0n) is 11.2. The number of benzene rings is 1. The van der Waals surface area contributed by atoms with Crippen molar-refractivity contribution >= 4 is 0 Å². The van der Waals surface area contributed by atoms with Crippen LogP contribution in [0, 0.1) is 11.3 Å². The summed E-state index contributed by atoms with van der Waals surface area (Å²) in [6, 6.07) is 9.72. The summed E-state index contributed by atoms with van der Waals surface area (Å²) in [4.78, 5) is 0. The summed E-state index contributed by atoms with van der Waals surface area (Å²) in [5, 5.41) is 19.6. The summed E-state index contributed by atoms with van der Waals surface area (Å²) in [6.07, 6.45) is 4.51. The highest BCUT2D eigenvalue weighted by Gasteiger charge is 2.02. The maximum absolute atomic E-state index is 8.55. The average Bonchev–Trinajstić information content (AvgIpc) is 2.99. The summed E-state index contributed by atoms with van der Waals surface area (Å²) in [7, 11) is 0. The van der Waals surface area contributed by atoms with Gasteiger partial charge in [0, 0.05) is 24.8 Å². The van der Waals surface area contributed by atoms with Gasteiger partial charge in [0.25, 0.3) is 0 Å². The lowest BCUT2D eigenvalue weighted by Gasteiger charge is -2.10. The van der Waals surface area contributed by atoms with Gasteiger partial charge in [-0.2, -0.15) is 5.26 Å². The molecule has 0 spiro atoms. The van der Waals surface area contributed by atoms with Crippen molar-refractivity contribution in [2.24, 2.45) is 0 Å². The Morgan fingerprint density at radius 1 is 1.35 bits per heavy atom. The number of hydrogen-bond donors (Lipinski definition) is 1. The molecule has 0 aliphatic heterocycles. The molecule has 2 aromatic rings. The van der Waals surface area contributed by atoms with Crippen molar-refractivity contribution in [1.29, 1.82) is 5.26 Å². The molecule has 0 radical (unpaired) electrons. The molecule has 0 fully saturated rings. The maximum atomic E-state index is 8.55. The predicted molar refractivity (Wildman–Crippen MR) is 73.9 cm³/mol. The molecule has 0 saturated heterocycles. The molecule has 1 aromatic heterocycles. The van der Waals surface area contributed by atoms with Gasteiger partial charge in [-0.25, -0.2) is 0 Å². The van der Waals surface area contributed by atoms with Crippen molar-refractivity contribution in [3.63, 3.8) is 0 Å². The SMILES string of the molecule is N#CCOc1ccccc1CNCCCn1ccnn1. The first-order valence-electron chi connectivity index (χ1n) is 6.52. The topological polar surface area (TPSA) is 75.8 Å². The van der Waals surface area contributed by atoms with E-state index in [2.05, 4.69) is 15.6 Å². The van der Waals surface area contributed by atoms with Crippen molar-refractivity contribution in [2.75, 3.05) is 13.2 Å². The molecular weight excluding hydrogens is 254 g/mol. The number of hydrogen-bond acceptors (Lipinski definition) is 5. The fourth-order valence-electron chi connectivity index (χ4n) is 1.84. The molecule has 0 unspecified atom stereocenters. The van der Waals surface area contributed by atoms with Gasteiger partial charge in [0.2, 0.25) is 0 Å². The van der Waals surface area contributed by atoms with Crippen LogP contribution in [0.1, 0.15) is 12.0 Å². The largest absolute Gasteiger partial charge is 0.478 e. The lowest BCUT2D eigenvalue weighted by Crippen LogP contribution is -2.17. The van der Waals surface area contributed by atoms with Crippen LogP contribution in [-0.2, 0) is 13.1 Å². The van der Waals surface area contributed by atoms with Gasteiger partial charge in [0.15, 0.2) is 6.61 Å². The molecule has 0 bridgehead atoms. The smallest absolute Gasteiger partial charge is 0.174 e. The van der Waals surface area contributed by atoms with Crippen LogP contribution in [0.25, 0.3) is 0 Å². The Morgan fingerprint density at radius 3 is 3.05 bits per heavy atom. The molecule has 1 heterocycles. The molecule has 2 rings (SSSR count). The molecule has 0 aliphatic carbocycles. The van der Waals surface area contributed by atoms with Gasteiger partial charge in [-0.05, 0) is 19.0 Å². The van der Waals surface area contributed by atoms with E-state index in [4.69, 9.17) is 10.00 Å². The Bertz CT molecular complexity index is 547. The van der Waals surface area contributed by atoms with Crippen LogP contribution in [0.3, 0.4) is 0 Å². The van der Waals surface area contributed by atoms with Crippen molar-refractivity contribution in [2.45, 2.75) is 19.5 Å². The Hall–Kier alpha value is -2.39. The van der Waals surface area contributed by atoms with Gasteiger partial charge in [0.1, 0.15) is 11.8 Å². The van der Waals surface area contributed by atoms with Crippen LogP contribution in [0.4, 0.5) is 0 Å². The minimum absolute atomic E-state index is 0.0727. The summed E-state index contributed by atoms with van der Waals surface area (Å²) in [5.41, 5.74) is 1.06. The van der Waals surface area contributed by atoms with Gasteiger partial charge in [-0.15, -0.1) is 5.10 Å². The van der Waals surface area contributed by atoms with E-state index >= 15 is 0 Å². The number of rotatable bonds is 8. The van der Waals surface area contributed by atoms with Crippen LogP contribution in [0.2, 0.25) is 0 Å². The summed E-state index contributed by atoms with van der Waals surface area (Å²) in [5.74, 6) is 0.762. The van der Waals surface area contributed by atoms with E-state index in [1.165, 1.54) is 0 Å². The Labute approximate surface area is 118 Å². The molecule has 0 atom stereocenters. The van der Waals surface area contributed by atoms with Gasteiger partial charge >= 0.3 is 0 Å². The van der Waals surface area contributed by atoms with E-state index in [1.807, 2.05) is 41.2 Å². The lowest BCUT2D eigenvalue weighted by atomic mass is 10.2. The van der Waals surface area contributed by atoms with Crippen molar-refractivity contribution in [1.82, 2.24) is 20.3 Å². The third-order valence-electron chi connectivity index (χ3n) is 2.79. The number of aromatic nitrogens is 3. The van der Waals surface area contributed by atoms with E-state index in [0.29, 0.717) is 0 Å². The van der Waals surface area contributed by atoms with E-state index < -0.39 is 0 Å². The van der Waals surface area contributed by atoms with E-state index in [9.17, 15) is 0 Å². The first-order chi connectivity index (χ1) is 9.90. The van der Waals surface area contributed by atoms with Gasteiger partial charge in [0.05, 0.1) is 6.20 Å². The van der Waals surface area contributed by atoms with Crippen LogP contribution in [0.5, 0.6) is 5.75 Å². The molecule has 0 aliphatic rings. The van der Waals surface area contributed by atoms with Gasteiger partial charge in [-0.1, -0.05) is 23.4 Å². The predicted octanol–water partition coefficient (Wildman–Crippen LogP) is 1.36. The lowest BCUT2D eigenvalue weighted by molar-refractivity contribution is 0.362. The highest BCUT2D eigenvalue weighted by atomic mass is 16.5. The van der Waals surface area contributed by atoms with Gasteiger partial charge < -0.3 is 10.1 Å². The maximum Gasteiger partial charge on any atom is 0.174 e. The number of aryl methyl sites for hydroxylation is 1. The molecule has 0 amide bonds. The monoisotopic (exact) mass is 271 g/mol. The fraction of sp³-hybridized carbons (Fsp3) is 0.357. The minimum atomic E-state index is 0.0727. The molecule has 6 nitrogen and oxygen atoms in total. The van der Waals surface area contributed by atoms with Crippen LogP contribution in [-0.4, -0.2) is 28.1 Å². The second-order valence-corrected chi connectivity index (χ2v) is 4.25. The quantitative estimate of drug-likeness (QED) is 0.734. The first kappa shape index (κ1) is 14.0. The molecule has 0 saturated carbocycles. The number of para-hydroxylation sites is 1. The molecule has 104 valence electrons. The van der Waals surface area contributed by atoms with E-state index in [0.717, 1.165) is 37.4 Å². The highest BCUT2D eigenvalue weighted by molar-refractivity contribution is 5.33. The molecule has 1 N–H and O–H groups in total. The number of nitrogens with zero attached hydrogens (tertiary/aromatic N) is 4. The fourth-order valence-corrected chi connectivity index (χ4v) is 1.84. The Balaban J connectivity index is 1.72. The highest BCUT2D eigenvalue weighted by Crippen LogP contribution is 2.17. The summed E-state index contributed by atoms with van der Waals surface area (Å²) >= 11 is 0. The molecule has 20 heavy (non-hydrogen) atoms. The summed E-state index contributed by atoms with van der Waals surface area (Å²) in [6.45, 7) is 2.52. The zero-order valence-corrected chi connectivity index (χ0v) is 11.2. The summed E-state index contributed by atoms with van der Waals surface area (Å²) < 4.78 is 7.19. The average molecular weight is 271 g/mol. The standard InChI is InChI=1S/C14H17N5O/c15-6-11-20-14-5-2-1-4-13(14)12-16-7-3-9-19-10-8-17-18-19/h1-2,4-5,8,10,16H,3,7,9,11-12H2. The van der Waals surface area contributed by atoms with E-state index in [1.54, 1.807) is 6.20 Å². The molecule has 6 heteroatoms. The second-order valence-electron chi connectivity index (χ2n) is 4.25. The third kappa shape index (κ3) is 4.37. The number of nitrogens with one attached hydrogen (secondary N) is 1. The number of ether oxygens (including phenoxy) is 1. The Morgan fingerprint density at radius 2 is 2.25 bits per heavy atom.